The maximum absolute atomic E-state index is 12.2. The molecule has 0 radical (unpaired) electrons. The fourth-order valence-corrected chi connectivity index (χ4v) is 1.79. The van der Waals surface area contributed by atoms with Crippen molar-refractivity contribution < 1.29 is 14.7 Å². The van der Waals surface area contributed by atoms with Crippen LogP contribution >= 0.6 is 0 Å². The molecule has 1 aromatic rings. The van der Waals surface area contributed by atoms with Gasteiger partial charge in [0.1, 0.15) is 5.82 Å². The Morgan fingerprint density at radius 3 is 2.52 bits per heavy atom. The lowest BCUT2D eigenvalue weighted by molar-refractivity contribution is -0.147. The molecule has 21 heavy (non-hydrogen) atoms. The number of carboxylic acids is 1. The first kappa shape index (κ1) is 17.1. The van der Waals surface area contributed by atoms with Crippen molar-refractivity contribution in [1.29, 1.82) is 0 Å². The number of aromatic nitrogens is 2. The van der Waals surface area contributed by atoms with Gasteiger partial charge < -0.3 is 10.4 Å². The van der Waals surface area contributed by atoms with Gasteiger partial charge in [0.2, 0.25) is 0 Å². The van der Waals surface area contributed by atoms with Crippen LogP contribution in [0.4, 0.5) is 0 Å². The van der Waals surface area contributed by atoms with Crippen molar-refractivity contribution in [3.8, 4) is 0 Å². The molecule has 6 heteroatoms. The summed E-state index contributed by atoms with van der Waals surface area (Å²) in [5, 5.41) is 11.8. The lowest BCUT2D eigenvalue weighted by atomic mass is 9.89. The molecule has 0 aromatic carbocycles. The average molecular weight is 293 g/mol. The third-order valence-electron chi connectivity index (χ3n) is 3.34. The minimum Gasteiger partial charge on any atom is -0.481 e. The van der Waals surface area contributed by atoms with Gasteiger partial charge in [-0.1, -0.05) is 13.8 Å². The molecule has 0 unspecified atom stereocenters. The van der Waals surface area contributed by atoms with Crippen LogP contribution in [0.2, 0.25) is 0 Å². The summed E-state index contributed by atoms with van der Waals surface area (Å²) in [5.74, 6) is -0.400. The molecule has 1 aromatic heterocycles. The number of hydrogen-bond acceptors (Lipinski definition) is 4. The van der Waals surface area contributed by atoms with Crippen molar-refractivity contribution in [1.82, 2.24) is 15.3 Å². The first-order valence-electron chi connectivity index (χ1n) is 7.00. The number of nitrogens with zero attached hydrogens (tertiary/aromatic N) is 2. The molecule has 1 heterocycles. The predicted molar refractivity (Wildman–Crippen MR) is 79.2 cm³/mol. The maximum atomic E-state index is 12.2. The van der Waals surface area contributed by atoms with E-state index in [1.54, 1.807) is 20.8 Å². The predicted octanol–water partition coefficient (Wildman–Crippen LogP) is 2.14. The van der Waals surface area contributed by atoms with Crippen LogP contribution in [0, 0.1) is 12.3 Å². The van der Waals surface area contributed by atoms with Gasteiger partial charge in [-0.15, -0.1) is 0 Å². The van der Waals surface area contributed by atoms with E-state index in [9.17, 15) is 9.59 Å². The van der Waals surface area contributed by atoms with Crippen LogP contribution in [0.15, 0.2) is 6.20 Å². The fraction of sp³-hybridized carbons (Fsp3) is 0.600. The van der Waals surface area contributed by atoms with E-state index >= 15 is 0 Å². The van der Waals surface area contributed by atoms with E-state index in [4.69, 9.17) is 5.11 Å². The van der Waals surface area contributed by atoms with Crippen LogP contribution in [0.5, 0.6) is 0 Å². The van der Waals surface area contributed by atoms with E-state index in [0.29, 0.717) is 30.0 Å². The van der Waals surface area contributed by atoms with Crippen molar-refractivity contribution in [2.45, 2.75) is 47.0 Å². The summed E-state index contributed by atoms with van der Waals surface area (Å²) in [6, 6.07) is 0. The number of amides is 1. The number of aryl methyl sites for hydroxylation is 1. The van der Waals surface area contributed by atoms with Gasteiger partial charge in [0.15, 0.2) is 0 Å². The van der Waals surface area contributed by atoms with Crippen molar-refractivity contribution in [2.75, 3.05) is 6.54 Å². The molecular formula is C15H23N3O3. The molecular weight excluding hydrogens is 270 g/mol. The summed E-state index contributed by atoms with van der Waals surface area (Å²) in [7, 11) is 0. The van der Waals surface area contributed by atoms with E-state index in [1.807, 2.05) is 13.8 Å². The minimum atomic E-state index is -0.877. The Balaban J connectivity index is 2.75. The van der Waals surface area contributed by atoms with Crippen LogP contribution in [-0.4, -0.2) is 33.5 Å². The van der Waals surface area contributed by atoms with Crippen LogP contribution in [0.1, 0.15) is 61.9 Å². The number of carbonyl (C=O) groups is 2. The molecule has 1 amide bonds. The van der Waals surface area contributed by atoms with Gasteiger partial charge in [-0.05, 0) is 33.1 Å². The van der Waals surface area contributed by atoms with E-state index < -0.39 is 11.4 Å². The van der Waals surface area contributed by atoms with Crippen molar-refractivity contribution in [3.05, 3.63) is 23.3 Å². The van der Waals surface area contributed by atoms with E-state index in [2.05, 4.69) is 15.3 Å². The molecule has 1 rings (SSSR count). The van der Waals surface area contributed by atoms with Crippen molar-refractivity contribution in [2.24, 2.45) is 5.41 Å². The minimum absolute atomic E-state index is 0.114. The van der Waals surface area contributed by atoms with E-state index in [0.717, 1.165) is 0 Å². The number of aliphatic carboxylic acids is 1. The van der Waals surface area contributed by atoms with Gasteiger partial charge in [-0.3, -0.25) is 9.59 Å². The number of hydrogen-bond donors (Lipinski definition) is 2. The highest BCUT2D eigenvalue weighted by Crippen LogP contribution is 2.20. The second-order valence-corrected chi connectivity index (χ2v) is 6.07. The standard InChI is InChI=1S/C15H23N3O3/c1-9(2)12-11(8-17-10(3)18-12)13(19)16-7-6-15(4,5)14(20)21/h8-9H,6-7H2,1-5H3,(H,16,19)(H,20,21). The number of carboxylic acid groups (broad SMARTS) is 1. The Kier molecular flexibility index (Phi) is 5.41. The Morgan fingerprint density at radius 2 is 2.00 bits per heavy atom. The topological polar surface area (TPSA) is 92.2 Å². The molecule has 0 aliphatic rings. The summed E-state index contributed by atoms with van der Waals surface area (Å²) in [6.07, 6.45) is 1.88. The van der Waals surface area contributed by atoms with Crippen LogP contribution in [0.3, 0.4) is 0 Å². The molecule has 2 N–H and O–H groups in total. The molecule has 0 aliphatic heterocycles. The van der Waals surface area contributed by atoms with Gasteiger partial charge in [-0.25, -0.2) is 9.97 Å². The highest BCUT2D eigenvalue weighted by molar-refractivity contribution is 5.95. The maximum Gasteiger partial charge on any atom is 0.309 e. The number of rotatable bonds is 6. The summed E-state index contributed by atoms with van der Waals surface area (Å²) < 4.78 is 0. The monoisotopic (exact) mass is 293 g/mol. The lowest BCUT2D eigenvalue weighted by Gasteiger charge is -2.19. The molecule has 0 atom stereocenters. The third kappa shape index (κ3) is 4.51. The van der Waals surface area contributed by atoms with E-state index in [1.165, 1.54) is 6.20 Å². The SMILES string of the molecule is Cc1ncc(C(=O)NCCC(C)(C)C(=O)O)c(C(C)C)n1. The van der Waals surface area contributed by atoms with Crippen molar-refractivity contribution in [3.63, 3.8) is 0 Å². The van der Waals surface area contributed by atoms with Crippen LogP contribution in [-0.2, 0) is 4.79 Å². The van der Waals surface area contributed by atoms with Crippen LogP contribution < -0.4 is 5.32 Å². The zero-order chi connectivity index (χ0) is 16.2. The molecule has 0 fully saturated rings. The van der Waals surface area contributed by atoms with Gasteiger partial charge >= 0.3 is 5.97 Å². The lowest BCUT2D eigenvalue weighted by Crippen LogP contribution is -2.32. The number of carbonyl (C=O) groups excluding carboxylic acids is 1. The Bertz CT molecular complexity index is 539. The van der Waals surface area contributed by atoms with Crippen LogP contribution in [0.25, 0.3) is 0 Å². The Morgan fingerprint density at radius 1 is 1.38 bits per heavy atom. The Labute approximate surface area is 125 Å². The second kappa shape index (κ2) is 6.65. The van der Waals surface area contributed by atoms with Gasteiger partial charge in [-0.2, -0.15) is 0 Å². The molecule has 0 saturated heterocycles. The highest BCUT2D eigenvalue weighted by Gasteiger charge is 2.27. The first-order valence-corrected chi connectivity index (χ1v) is 7.00. The molecule has 116 valence electrons. The summed E-state index contributed by atoms with van der Waals surface area (Å²) in [6.45, 7) is 9.27. The second-order valence-electron chi connectivity index (χ2n) is 6.07. The van der Waals surface area contributed by atoms with E-state index in [-0.39, 0.29) is 11.8 Å². The van der Waals surface area contributed by atoms with Gasteiger partial charge in [0, 0.05) is 12.7 Å². The molecule has 0 aliphatic carbocycles. The third-order valence-corrected chi connectivity index (χ3v) is 3.34. The first-order chi connectivity index (χ1) is 9.65. The fourth-order valence-electron chi connectivity index (χ4n) is 1.79. The normalized spacial score (nSPS) is 11.5. The molecule has 6 nitrogen and oxygen atoms in total. The zero-order valence-electron chi connectivity index (χ0n) is 13.2. The average Bonchev–Trinajstić information content (AvgIpc) is 2.37. The summed E-state index contributed by atoms with van der Waals surface area (Å²) in [4.78, 5) is 31.6. The molecule has 0 bridgehead atoms. The molecule has 0 saturated carbocycles. The van der Waals surface area contributed by atoms with Gasteiger partial charge in [0.25, 0.3) is 5.91 Å². The highest BCUT2D eigenvalue weighted by atomic mass is 16.4. The summed E-state index contributed by atoms with van der Waals surface area (Å²) >= 11 is 0. The molecule has 0 spiro atoms. The Hall–Kier alpha value is -1.98. The van der Waals surface area contributed by atoms with Gasteiger partial charge in [0.05, 0.1) is 16.7 Å². The zero-order valence-corrected chi connectivity index (χ0v) is 13.2. The van der Waals surface area contributed by atoms with Crippen molar-refractivity contribution >= 4 is 11.9 Å². The smallest absolute Gasteiger partial charge is 0.309 e. The quantitative estimate of drug-likeness (QED) is 0.838. The summed E-state index contributed by atoms with van der Waals surface area (Å²) in [5.41, 5.74) is 0.291. The largest absolute Gasteiger partial charge is 0.481 e. The number of nitrogens with one attached hydrogen (secondary N) is 1.